The van der Waals surface area contributed by atoms with Crippen molar-refractivity contribution in [2.75, 3.05) is 32.4 Å². The molecule has 3 aliphatic rings. The molecule has 122 valence electrons. The Bertz CT molecular complexity index is 622. The van der Waals surface area contributed by atoms with Crippen LogP contribution in [0.15, 0.2) is 12.2 Å². The maximum Gasteiger partial charge on any atom is 0.310 e. The summed E-state index contributed by atoms with van der Waals surface area (Å²) in [5, 5.41) is 9.33. The van der Waals surface area contributed by atoms with Crippen molar-refractivity contribution in [2.24, 2.45) is 11.8 Å². The zero-order valence-electron chi connectivity index (χ0n) is 12.1. The lowest BCUT2D eigenvalue weighted by molar-refractivity contribution is -0.150. The van der Waals surface area contributed by atoms with Crippen LogP contribution in [0, 0.1) is 11.8 Å². The molecule has 0 aromatic heterocycles. The van der Waals surface area contributed by atoms with Gasteiger partial charge >= 0.3 is 5.97 Å². The van der Waals surface area contributed by atoms with E-state index in [2.05, 4.69) is 0 Å². The van der Waals surface area contributed by atoms with Gasteiger partial charge in [-0.05, 0) is 0 Å². The third kappa shape index (κ3) is 2.53. The van der Waals surface area contributed by atoms with Gasteiger partial charge in [0, 0.05) is 26.2 Å². The minimum Gasteiger partial charge on any atom is -0.481 e. The average Bonchev–Trinajstić information content (AvgIpc) is 3.06. The van der Waals surface area contributed by atoms with Crippen LogP contribution in [-0.4, -0.2) is 79.2 Å². The molecule has 22 heavy (non-hydrogen) atoms. The number of fused-ring (bicyclic) bond motifs is 2. The molecule has 2 saturated heterocycles. The molecular formula is C13H18N2O6S. The summed E-state index contributed by atoms with van der Waals surface area (Å²) in [7, 11) is -3.26. The molecule has 0 aliphatic carbocycles. The molecule has 2 bridgehead atoms. The highest BCUT2D eigenvalue weighted by atomic mass is 32.2. The lowest BCUT2D eigenvalue weighted by Gasteiger charge is -2.36. The van der Waals surface area contributed by atoms with E-state index in [1.54, 1.807) is 17.1 Å². The van der Waals surface area contributed by atoms with Crippen molar-refractivity contribution in [2.45, 2.75) is 12.2 Å². The molecule has 0 unspecified atom stereocenters. The van der Waals surface area contributed by atoms with Crippen LogP contribution in [0.2, 0.25) is 0 Å². The molecule has 1 N–H and O–H groups in total. The van der Waals surface area contributed by atoms with Crippen LogP contribution in [0.3, 0.4) is 0 Å². The molecule has 0 radical (unpaired) electrons. The van der Waals surface area contributed by atoms with Gasteiger partial charge in [0.1, 0.15) is 5.92 Å². The lowest BCUT2D eigenvalue weighted by Crippen LogP contribution is -2.53. The summed E-state index contributed by atoms with van der Waals surface area (Å²) < 4.78 is 29.8. The molecule has 3 aliphatic heterocycles. The van der Waals surface area contributed by atoms with E-state index in [4.69, 9.17) is 4.74 Å². The summed E-state index contributed by atoms with van der Waals surface area (Å²) in [6.07, 6.45) is 3.52. The van der Waals surface area contributed by atoms with Crippen LogP contribution in [0.1, 0.15) is 0 Å². The fraction of sp³-hybridized carbons (Fsp3) is 0.692. The van der Waals surface area contributed by atoms with Crippen molar-refractivity contribution < 1.29 is 27.9 Å². The van der Waals surface area contributed by atoms with E-state index in [1.165, 1.54) is 4.31 Å². The van der Waals surface area contributed by atoms with Gasteiger partial charge in [0.25, 0.3) is 0 Å². The highest BCUT2D eigenvalue weighted by molar-refractivity contribution is 7.88. The Morgan fingerprint density at radius 2 is 1.64 bits per heavy atom. The Labute approximate surface area is 128 Å². The number of sulfonamides is 1. The number of amides is 1. The maximum absolute atomic E-state index is 12.6. The van der Waals surface area contributed by atoms with Crippen LogP contribution in [-0.2, 0) is 24.3 Å². The van der Waals surface area contributed by atoms with Crippen LogP contribution in [0.25, 0.3) is 0 Å². The van der Waals surface area contributed by atoms with E-state index in [-0.39, 0.29) is 32.1 Å². The van der Waals surface area contributed by atoms with Gasteiger partial charge < -0.3 is 14.7 Å². The molecule has 9 heteroatoms. The molecule has 0 aromatic rings. The summed E-state index contributed by atoms with van der Waals surface area (Å²) in [5.74, 6) is -2.89. The molecule has 3 heterocycles. The zero-order valence-corrected chi connectivity index (χ0v) is 12.9. The largest absolute Gasteiger partial charge is 0.481 e. The highest BCUT2D eigenvalue weighted by Crippen LogP contribution is 2.40. The number of carboxylic acids is 1. The quantitative estimate of drug-likeness (QED) is 0.648. The van der Waals surface area contributed by atoms with Gasteiger partial charge in [-0.25, -0.2) is 8.42 Å². The molecule has 2 fully saturated rings. The van der Waals surface area contributed by atoms with Gasteiger partial charge in [0.2, 0.25) is 15.9 Å². The van der Waals surface area contributed by atoms with Crippen molar-refractivity contribution in [1.29, 1.82) is 0 Å². The Kier molecular flexibility index (Phi) is 3.74. The van der Waals surface area contributed by atoms with E-state index in [9.17, 15) is 23.1 Å². The first kappa shape index (κ1) is 15.4. The third-order valence-electron chi connectivity index (χ3n) is 4.49. The average molecular weight is 330 g/mol. The van der Waals surface area contributed by atoms with Crippen LogP contribution in [0.4, 0.5) is 0 Å². The Morgan fingerprint density at radius 1 is 1.09 bits per heavy atom. The van der Waals surface area contributed by atoms with Gasteiger partial charge in [-0.15, -0.1) is 0 Å². The zero-order chi connectivity index (χ0) is 16.1. The SMILES string of the molecule is CS(=O)(=O)N1CCN(C(=O)[C@H]2[C@@H](C(=O)O)[C@@H]3C=C[C@H]2O3)CC1. The van der Waals surface area contributed by atoms with E-state index in [0.29, 0.717) is 0 Å². The number of carbonyl (C=O) groups excluding carboxylic acids is 1. The molecule has 4 atom stereocenters. The Hall–Kier alpha value is -1.45. The molecule has 0 spiro atoms. The summed E-state index contributed by atoms with van der Waals surface area (Å²) in [6.45, 7) is 1.02. The monoisotopic (exact) mass is 330 g/mol. The third-order valence-corrected chi connectivity index (χ3v) is 5.79. The minimum atomic E-state index is -3.26. The fourth-order valence-electron chi connectivity index (χ4n) is 3.35. The Balaban J connectivity index is 1.70. The first-order valence-corrected chi connectivity index (χ1v) is 8.94. The van der Waals surface area contributed by atoms with E-state index in [1.807, 2.05) is 0 Å². The smallest absolute Gasteiger partial charge is 0.310 e. The summed E-state index contributed by atoms with van der Waals surface area (Å²) in [6, 6.07) is 0. The minimum absolute atomic E-state index is 0.236. The van der Waals surface area contributed by atoms with Crippen LogP contribution in [0.5, 0.6) is 0 Å². The number of nitrogens with zero attached hydrogens (tertiary/aromatic N) is 2. The fourth-order valence-corrected chi connectivity index (χ4v) is 4.17. The van der Waals surface area contributed by atoms with Gasteiger partial charge in [-0.2, -0.15) is 4.31 Å². The van der Waals surface area contributed by atoms with Crippen molar-refractivity contribution in [3.8, 4) is 0 Å². The predicted molar refractivity (Wildman–Crippen MR) is 75.4 cm³/mol. The first-order chi connectivity index (χ1) is 10.3. The van der Waals surface area contributed by atoms with E-state index in [0.717, 1.165) is 6.26 Å². The topological polar surface area (TPSA) is 104 Å². The second kappa shape index (κ2) is 5.32. The predicted octanol–water partition coefficient (Wildman–Crippen LogP) is -1.26. The molecule has 1 amide bonds. The van der Waals surface area contributed by atoms with E-state index < -0.39 is 40.0 Å². The lowest BCUT2D eigenvalue weighted by atomic mass is 9.82. The molecule has 3 rings (SSSR count). The van der Waals surface area contributed by atoms with Gasteiger partial charge in [0.05, 0.1) is 24.4 Å². The number of hydrogen-bond donors (Lipinski definition) is 1. The first-order valence-electron chi connectivity index (χ1n) is 7.09. The Morgan fingerprint density at radius 3 is 2.14 bits per heavy atom. The second-order valence-electron chi connectivity index (χ2n) is 5.83. The molecule has 8 nitrogen and oxygen atoms in total. The summed E-state index contributed by atoms with van der Waals surface area (Å²) >= 11 is 0. The highest BCUT2D eigenvalue weighted by Gasteiger charge is 2.54. The number of rotatable bonds is 3. The van der Waals surface area contributed by atoms with Crippen LogP contribution < -0.4 is 0 Å². The molecular weight excluding hydrogens is 312 g/mol. The van der Waals surface area contributed by atoms with Gasteiger partial charge in [0.15, 0.2) is 0 Å². The maximum atomic E-state index is 12.6. The molecule has 0 saturated carbocycles. The van der Waals surface area contributed by atoms with Crippen molar-refractivity contribution in [3.05, 3.63) is 12.2 Å². The standard InChI is InChI=1S/C13H18N2O6S/c1-22(19,20)15-6-4-14(5-7-15)12(16)10-8-2-3-9(21-8)11(10)13(17)18/h2-3,8-11H,4-7H2,1H3,(H,17,18)/t8-,9+,10-,11+/m1/s1. The number of carbonyl (C=O) groups is 2. The van der Waals surface area contributed by atoms with Crippen molar-refractivity contribution in [1.82, 2.24) is 9.21 Å². The van der Waals surface area contributed by atoms with Crippen LogP contribution >= 0.6 is 0 Å². The second-order valence-corrected chi connectivity index (χ2v) is 7.81. The number of hydrogen-bond acceptors (Lipinski definition) is 5. The van der Waals surface area contributed by atoms with Gasteiger partial charge in [-0.3, -0.25) is 9.59 Å². The molecule has 0 aromatic carbocycles. The van der Waals surface area contributed by atoms with Crippen molar-refractivity contribution >= 4 is 21.9 Å². The number of piperazine rings is 1. The number of carboxylic acid groups (broad SMARTS) is 1. The summed E-state index contributed by atoms with van der Waals surface area (Å²) in [5.41, 5.74) is 0. The summed E-state index contributed by atoms with van der Waals surface area (Å²) in [4.78, 5) is 25.6. The van der Waals surface area contributed by atoms with Gasteiger partial charge in [-0.1, -0.05) is 12.2 Å². The number of aliphatic carboxylic acids is 1. The van der Waals surface area contributed by atoms with Crippen molar-refractivity contribution in [3.63, 3.8) is 0 Å². The van der Waals surface area contributed by atoms with E-state index >= 15 is 0 Å². The number of ether oxygens (including phenoxy) is 1. The normalized spacial score (nSPS) is 35.0.